The third kappa shape index (κ3) is 4.07. The molecule has 6 nitrogen and oxygen atoms in total. The van der Waals surface area contributed by atoms with Gasteiger partial charge < -0.3 is 19.5 Å². The molecule has 0 bridgehead atoms. The van der Waals surface area contributed by atoms with E-state index in [4.69, 9.17) is 26.2 Å². The van der Waals surface area contributed by atoms with Crippen LogP contribution in [0.1, 0.15) is 25.8 Å². The van der Waals surface area contributed by atoms with E-state index in [1.165, 1.54) is 4.90 Å². The summed E-state index contributed by atoms with van der Waals surface area (Å²) in [7, 11) is 0. The molecule has 1 atom stereocenters. The summed E-state index contributed by atoms with van der Waals surface area (Å²) in [4.78, 5) is 24.5. The lowest BCUT2D eigenvalue weighted by molar-refractivity contribution is -0.141. The summed E-state index contributed by atoms with van der Waals surface area (Å²) in [5, 5.41) is 9.44. The van der Waals surface area contributed by atoms with Crippen molar-refractivity contribution in [3.05, 3.63) is 22.7 Å². The van der Waals surface area contributed by atoms with Gasteiger partial charge in [-0.3, -0.25) is 9.59 Å². The zero-order chi connectivity index (χ0) is 17.0. The Hall–Kier alpha value is -1.95. The number of halogens is 1. The lowest BCUT2D eigenvalue weighted by Crippen LogP contribution is -2.25. The predicted molar refractivity (Wildman–Crippen MR) is 84.9 cm³/mol. The molecule has 23 heavy (non-hydrogen) atoms. The first-order valence-electron chi connectivity index (χ1n) is 7.54. The first-order valence-corrected chi connectivity index (χ1v) is 7.92. The highest BCUT2D eigenvalue weighted by atomic mass is 35.5. The fraction of sp³-hybridized carbons (Fsp3) is 0.500. The first kappa shape index (κ1) is 17.4. The molecule has 0 radical (unpaired) electrons. The highest BCUT2D eigenvalue weighted by Gasteiger charge is 2.34. The Morgan fingerprint density at radius 3 is 2.61 bits per heavy atom. The van der Waals surface area contributed by atoms with Crippen molar-refractivity contribution in [1.82, 2.24) is 4.90 Å². The number of carboxylic acid groups (broad SMARTS) is 1. The number of aliphatic carboxylic acids is 1. The molecule has 1 heterocycles. The van der Waals surface area contributed by atoms with Crippen LogP contribution in [0.3, 0.4) is 0 Å². The fourth-order valence-electron chi connectivity index (χ4n) is 2.57. The minimum absolute atomic E-state index is 0.0401. The van der Waals surface area contributed by atoms with Gasteiger partial charge in [-0.25, -0.2) is 0 Å². The molecule has 1 fully saturated rings. The normalized spacial score (nSPS) is 17.4. The summed E-state index contributed by atoms with van der Waals surface area (Å²) in [5.74, 6) is -0.748. The monoisotopic (exact) mass is 341 g/mol. The molecule has 0 aliphatic carbocycles. The van der Waals surface area contributed by atoms with Crippen LogP contribution in [0.25, 0.3) is 0 Å². The van der Waals surface area contributed by atoms with Crippen molar-refractivity contribution in [2.75, 3.05) is 19.8 Å². The van der Waals surface area contributed by atoms with Gasteiger partial charge in [0.1, 0.15) is 0 Å². The lowest BCUT2D eigenvalue weighted by Gasteiger charge is -2.19. The summed E-state index contributed by atoms with van der Waals surface area (Å²) >= 11 is 6.25. The number of likely N-dealkylation sites (tertiary alicyclic amines) is 1. The van der Waals surface area contributed by atoms with Gasteiger partial charge in [0, 0.05) is 19.5 Å². The van der Waals surface area contributed by atoms with Gasteiger partial charge in [0.25, 0.3) is 0 Å². The molecule has 1 aliphatic rings. The van der Waals surface area contributed by atoms with Crippen LogP contribution in [0.2, 0.25) is 5.02 Å². The Balaban J connectivity index is 2.20. The van der Waals surface area contributed by atoms with Crippen molar-refractivity contribution in [2.45, 2.75) is 26.8 Å². The zero-order valence-corrected chi connectivity index (χ0v) is 13.9. The Bertz CT molecular complexity index is 604. The molecule has 1 amide bonds. The highest BCUT2D eigenvalue weighted by Crippen LogP contribution is 2.37. The van der Waals surface area contributed by atoms with E-state index in [0.717, 1.165) is 5.56 Å². The third-order valence-corrected chi connectivity index (χ3v) is 3.88. The van der Waals surface area contributed by atoms with Crippen molar-refractivity contribution in [2.24, 2.45) is 5.92 Å². The summed E-state index contributed by atoms with van der Waals surface area (Å²) in [6.45, 7) is 5.15. The van der Waals surface area contributed by atoms with Crippen LogP contribution in [0.5, 0.6) is 11.5 Å². The highest BCUT2D eigenvalue weighted by molar-refractivity contribution is 6.32. The standard InChI is InChI=1S/C16H20ClNO5/c1-3-22-13-6-10(5-12(17)15(13)23-4-2)8-18-9-11(16(20)21)7-14(18)19/h5-6,11H,3-4,7-9H2,1-2H3,(H,20,21). The van der Waals surface area contributed by atoms with Gasteiger partial charge in [-0.15, -0.1) is 0 Å². The van der Waals surface area contributed by atoms with Crippen molar-refractivity contribution < 1.29 is 24.2 Å². The van der Waals surface area contributed by atoms with Gasteiger partial charge in [0.05, 0.1) is 24.2 Å². The van der Waals surface area contributed by atoms with E-state index in [1.54, 1.807) is 12.1 Å². The second-order valence-corrected chi connectivity index (χ2v) is 5.69. The average molecular weight is 342 g/mol. The number of rotatable bonds is 7. The first-order chi connectivity index (χ1) is 11.0. The second kappa shape index (κ2) is 7.55. The van der Waals surface area contributed by atoms with Gasteiger partial charge in [-0.1, -0.05) is 11.6 Å². The molecule has 0 aromatic heterocycles. The number of ether oxygens (including phenoxy) is 2. The smallest absolute Gasteiger partial charge is 0.308 e. The maximum atomic E-state index is 11.9. The molecule has 0 saturated carbocycles. The van der Waals surface area contributed by atoms with E-state index < -0.39 is 11.9 Å². The van der Waals surface area contributed by atoms with E-state index in [2.05, 4.69) is 0 Å². The van der Waals surface area contributed by atoms with Crippen LogP contribution in [0.4, 0.5) is 0 Å². The van der Waals surface area contributed by atoms with Crippen molar-refractivity contribution in [1.29, 1.82) is 0 Å². The Kier molecular flexibility index (Phi) is 5.71. The van der Waals surface area contributed by atoms with Crippen LogP contribution in [-0.4, -0.2) is 41.6 Å². The second-order valence-electron chi connectivity index (χ2n) is 5.28. The van der Waals surface area contributed by atoms with Crippen LogP contribution in [-0.2, 0) is 16.1 Å². The summed E-state index contributed by atoms with van der Waals surface area (Å²) in [6, 6.07) is 3.50. The molecule has 1 aromatic rings. The van der Waals surface area contributed by atoms with Crippen LogP contribution < -0.4 is 9.47 Å². The minimum atomic E-state index is -0.944. The summed E-state index contributed by atoms with van der Waals surface area (Å²) in [6.07, 6.45) is 0.0401. The van der Waals surface area contributed by atoms with Gasteiger partial charge in [-0.05, 0) is 31.5 Å². The molecular weight excluding hydrogens is 322 g/mol. The zero-order valence-electron chi connectivity index (χ0n) is 13.2. The number of nitrogens with zero attached hydrogens (tertiary/aromatic N) is 1. The fourth-order valence-corrected chi connectivity index (χ4v) is 2.86. The molecule has 0 spiro atoms. The van der Waals surface area contributed by atoms with Gasteiger partial charge >= 0.3 is 5.97 Å². The number of carbonyl (C=O) groups excluding carboxylic acids is 1. The molecule has 1 aromatic carbocycles. The average Bonchev–Trinajstić information content (AvgIpc) is 2.84. The van der Waals surface area contributed by atoms with Crippen LogP contribution in [0, 0.1) is 5.92 Å². The molecule has 2 rings (SSSR count). The molecule has 1 unspecified atom stereocenters. The SMILES string of the molecule is CCOc1cc(CN2CC(C(=O)O)CC2=O)cc(Cl)c1OCC. The Labute approximate surface area is 139 Å². The number of benzene rings is 1. The number of hydrogen-bond donors (Lipinski definition) is 1. The molecule has 1 aliphatic heterocycles. The molecule has 126 valence electrons. The van der Waals surface area contributed by atoms with E-state index in [-0.39, 0.29) is 18.9 Å². The van der Waals surface area contributed by atoms with E-state index in [1.807, 2.05) is 13.8 Å². The number of amides is 1. The molecule has 1 saturated heterocycles. The summed E-state index contributed by atoms with van der Waals surface area (Å²) < 4.78 is 11.1. The molecule has 1 N–H and O–H groups in total. The van der Waals surface area contributed by atoms with Gasteiger partial charge in [0.2, 0.25) is 5.91 Å². The third-order valence-electron chi connectivity index (χ3n) is 3.60. The van der Waals surface area contributed by atoms with Crippen molar-refractivity contribution in [3.8, 4) is 11.5 Å². The predicted octanol–water partition coefficient (Wildman–Crippen LogP) is 2.57. The van der Waals surface area contributed by atoms with Crippen molar-refractivity contribution in [3.63, 3.8) is 0 Å². The van der Waals surface area contributed by atoms with E-state index >= 15 is 0 Å². The van der Waals surface area contributed by atoms with E-state index in [9.17, 15) is 9.59 Å². The van der Waals surface area contributed by atoms with Gasteiger partial charge in [-0.2, -0.15) is 0 Å². The quantitative estimate of drug-likeness (QED) is 0.824. The maximum absolute atomic E-state index is 11.9. The Morgan fingerprint density at radius 2 is 2.04 bits per heavy atom. The van der Waals surface area contributed by atoms with Crippen LogP contribution in [0.15, 0.2) is 12.1 Å². The van der Waals surface area contributed by atoms with E-state index in [0.29, 0.717) is 36.3 Å². The number of carboxylic acids is 1. The summed E-state index contributed by atoms with van der Waals surface area (Å²) in [5.41, 5.74) is 0.779. The number of hydrogen-bond acceptors (Lipinski definition) is 4. The van der Waals surface area contributed by atoms with Crippen molar-refractivity contribution >= 4 is 23.5 Å². The maximum Gasteiger partial charge on any atom is 0.308 e. The molecule has 7 heteroatoms. The lowest BCUT2D eigenvalue weighted by atomic mass is 10.1. The van der Waals surface area contributed by atoms with Crippen LogP contribution >= 0.6 is 11.6 Å². The largest absolute Gasteiger partial charge is 0.490 e. The van der Waals surface area contributed by atoms with Gasteiger partial charge in [0.15, 0.2) is 11.5 Å². The minimum Gasteiger partial charge on any atom is -0.490 e. The Morgan fingerprint density at radius 1 is 1.35 bits per heavy atom. The molecular formula is C16H20ClNO5. The number of carbonyl (C=O) groups is 2. The topological polar surface area (TPSA) is 76.1 Å².